The number of likely N-dealkylation sites (N-methyl/N-ethyl adjacent to an activating group) is 1. The van der Waals surface area contributed by atoms with Gasteiger partial charge in [-0.25, -0.2) is 0 Å². The van der Waals surface area contributed by atoms with Crippen molar-refractivity contribution in [2.24, 2.45) is 11.1 Å². The summed E-state index contributed by atoms with van der Waals surface area (Å²) in [7, 11) is 3.83. The van der Waals surface area contributed by atoms with Gasteiger partial charge in [-0.3, -0.25) is 4.79 Å². The monoisotopic (exact) mass is 443 g/mol. The van der Waals surface area contributed by atoms with Crippen molar-refractivity contribution in [3.05, 3.63) is 29.8 Å². The van der Waals surface area contributed by atoms with Gasteiger partial charge in [0, 0.05) is 51.9 Å². The maximum Gasteiger partial charge on any atom is 0.223 e. The third-order valence-electron chi connectivity index (χ3n) is 6.55. The molecule has 0 aliphatic carbocycles. The lowest BCUT2D eigenvalue weighted by Crippen LogP contribution is -2.47. The van der Waals surface area contributed by atoms with Crippen molar-refractivity contribution >= 4 is 17.9 Å². The van der Waals surface area contributed by atoms with E-state index in [1.54, 1.807) is 7.11 Å². The van der Waals surface area contributed by atoms with E-state index in [-0.39, 0.29) is 5.91 Å². The zero-order valence-corrected chi connectivity index (χ0v) is 19.5. The number of anilines is 1. The number of piperidine rings is 1. The number of methoxy groups -OCH3 is 1. The lowest BCUT2D eigenvalue weighted by Gasteiger charge is -2.39. The van der Waals surface area contributed by atoms with Crippen molar-refractivity contribution in [2.45, 2.75) is 25.7 Å². The first kappa shape index (κ1) is 25.8. The molecule has 0 radical (unpaired) electrons. The molecular weight excluding hydrogens is 406 g/mol. The van der Waals surface area contributed by atoms with Gasteiger partial charge in [0.2, 0.25) is 5.91 Å². The van der Waals surface area contributed by atoms with Gasteiger partial charge in [-0.15, -0.1) is 0 Å². The van der Waals surface area contributed by atoms with E-state index in [1.807, 2.05) is 24.3 Å². The van der Waals surface area contributed by atoms with Crippen LogP contribution in [0.4, 0.5) is 5.69 Å². The summed E-state index contributed by atoms with van der Waals surface area (Å²) < 4.78 is 5.03. The SMILES string of the molecule is CN1CCN(c2ccc(C#N)cc2)CC1.COCCN1CCC(CCC=O)(C(N)=O)CC1. The summed E-state index contributed by atoms with van der Waals surface area (Å²) in [4.78, 5) is 29.0. The molecule has 0 aromatic heterocycles. The molecule has 2 heterocycles. The maximum atomic E-state index is 11.6. The zero-order chi connectivity index (χ0) is 23.4. The molecule has 1 amide bonds. The number of rotatable bonds is 8. The third-order valence-corrected chi connectivity index (χ3v) is 6.55. The molecule has 1 aromatic carbocycles. The second-order valence-corrected chi connectivity index (χ2v) is 8.63. The summed E-state index contributed by atoms with van der Waals surface area (Å²) >= 11 is 0. The fraction of sp³-hybridized carbons (Fsp3) is 0.625. The van der Waals surface area contributed by atoms with E-state index in [0.717, 1.165) is 70.5 Å². The Labute approximate surface area is 191 Å². The fourth-order valence-electron chi connectivity index (χ4n) is 4.19. The van der Waals surface area contributed by atoms with Crippen molar-refractivity contribution in [1.82, 2.24) is 9.80 Å². The molecule has 1 aromatic rings. The highest BCUT2D eigenvalue weighted by Gasteiger charge is 2.39. The van der Waals surface area contributed by atoms with Crippen molar-refractivity contribution in [3.8, 4) is 6.07 Å². The number of likely N-dealkylation sites (tertiary alicyclic amines) is 1. The number of carbonyl (C=O) groups is 2. The summed E-state index contributed by atoms with van der Waals surface area (Å²) in [6.07, 6.45) is 3.37. The number of hydrogen-bond donors (Lipinski definition) is 1. The molecule has 0 unspecified atom stereocenters. The molecule has 0 atom stereocenters. The Balaban J connectivity index is 0.000000228. The topological polar surface area (TPSA) is 103 Å². The van der Waals surface area contributed by atoms with Crippen LogP contribution in [0.25, 0.3) is 0 Å². The van der Waals surface area contributed by atoms with Crippen LogP contribution in [-0.4, -0.2) is 88.6 Å². The van der Waals surface area contributed by atoms with Gasteiger partial charge in [0.25, 0.3) is 0 Å². The number of benzene rings is 1. The predicted octanol–water partition coefficient (Wildman–Crippen LogP) is 1.49. The number of nitriles is 1. The molecule has 8 nitrogen and oxygen atoms in total. The van der Waals surface area contributed by atoms with Crippen LogP contribution in [0.15, 0.2) is 24.3 Å². The van der Waals surface area contributed by atoms with Gasteiger partial charge in [0.15, 0.2) is 0 Å². The smallest absolute Gasteiger partial charge is 0.223 e. The first-order chi connectivity index (χ1) is 15.4. The number of nitrogens with two attached hydrogens (primary N) is 1. The van der Waals surface area contributed by atoms with E-state index in [0.29, 0.717) is 19.4 Å². The van der Waals surface area contributed by atoms with Gasteiger partial charge in [0.1, 0.15) is 6.29 Å². The number of amides is 1. The normalized spacial score (nSPS) is 18.8. The summed E-state index contributed by atoms with van der Waals surface area (Å²) in [5.74, 6) is -0.259. The number of piperazine rings is 1. The first-order valence-corrected chi connectivity index (χ1v) is 11.3. The minimum absolute atomic E-state index is 0.259. The molecule has 0 bridgehead atoms. The number of aldehydes is 1. The summed E-state index contributed by atoms with van der Waals surface area (Å²) in [5.41, 5.74) is 6.98. The standard InChI is InChI=1S/C12H15N3.C12H22N2O3/c1-14-6-8-15(9-7-14)12-4-2-11(10-13)3-5-12;1-17-10-8-14-6-4-12(5-7-14,11(13)16)3-2-9-15/h2-5H,6-9H2,1H3;9H,2-8,10H2,1H3,(H2,13,16). The number of ether oxygens (including phenoxy) is 1. The summed E-state index contributed by atoms with van der Waals surface area (Å²) in [5, 5.41) is 8.70. The quantitative estimate of drug-likeness (QED) is 0.607. The van der Waals surface area contributed by atoms with Gasteiger partial charge >= 0.3 is 0 Å². The Morgan fingerprint density at radius 3 is 2.28 bits per heavy atom. The van der Waals surface area contributed by atoms with Crippen molar-refractivity contribution in [3.63, 3.8) is 0 Å². The van der Waals surface area contributed by atoms with Crippen LogP contribution in [0.2, 0.25) is 0 Å². The molecule has 176 valence electrons. The summed E-state index contributed by atoms with van der Waals surface area (Å²) in [6, 6.07) is 9.97. The zero-order valence-electron chi connectivity index (χ0n) is 19.5. The van der Waals surface area contributed by atoms with E-state index in [4.69, 9.17) is 15.7 Å². The minimum atomic E-state index is -0.468. The highest BCUT2D eigenvalue weighted by Crippen LogP contribution is 2.35. The van der Waals surface area contributed by atoms with Crippen LogP contribution < -0.4 is 10.6 Å². The molecule has 2 saturated heterocycles. The van der Waals surface area contributed by atoms with E-state index in [2.05, 4.69) is 27.8 Å². The largest absolute Gasteiger partial charge is 0.383 e. The Morgan fingerprint density at radius 2 is 1.78 bits per heavy atom. The fourth-order valence-corrected chi connectivity index (χ4v) is 4.19. The number of primary amides is 1. The van der Waals surface area contributed by atoms with Gasteiger partial charge in [-0.05, 0) is 63.7 Å². The van der Waals surface area contributed by atoms with Crippen molar-refractivity contribution < 1.29 is 14.3 Å². The van der Waals surface area contributed by atoms with Crippen LogP contribution in [0.3, 0.4) is 0 Å². The molecule has 8 heteroatoms. The second-order valence-electron chi connectivity index (χ2n) is 8.63. The second kappa shape index (κ2) is 13.2. The van der Waals surface area contributed by atoms with Gasteiger partial charge in [0.05, 0.1) is 23.7 Å². The van der Waals surface area contributed by atoms with E-state index in [9.17, 15) is 9.59 Å². The first-order valence-electron chi connectivity index (χ1n) is 11.3. The average Bonchev–Trinajstić information content (AvgIpc) is 2.83. The Bertz CT molecular complexity index is 746. The molecule has 2 aliphatic heterocycles. The van der Waals surface area contributed by atoms with Gasteiger partial charge in [-0.2, -0.15) is 5.26 Å². The van der Waals surface area contributed by atoms with Crippen LogP contribution in [0.5, 0.6) is 0 Å². The van der Waals surface area contributed by atoms with Gasteiger partial charge in [-0.1, -0.05) is 0 Å². The van der Waals surface area contributed by atoms with Crippen LogP contribution in [0, 0.1) is 16.7 Å². The molecule has 2 N–H and O–H groups in total. The van der Waals surface area contributed by atoms with Crippen molar-refractivity contribution in [2.75, 3.05) is 71.5 Å². The number of hydrogen-bond acceptors (Lipinski definition) is 7. The molecule has 0 saturated carbocycles. The van der Waals surface area contributed by atoms with E-state index in [1.165, 1.54) is 5.69 Å². The molecule has 32 heavy (non-hydrogen) atoms. The van der Waals surface area contributed by atoms with Gasteiger partial charge < -0.3 is 30.0 Å². The van der Waals surface area contributed by atoms with E-state index >= 15 is 0 Å². The maximum absolute atomic E-state index is 11.6. The Kier molecular flexibility index (Phi) is 10.6. The molecule has 2 aliphatic rings. The van der Waals surface area contributed by atoms with Crippen LogP contribution in [-0.2, 0) is 14.3 Å². The van der Waals surface area contributed by atoms with E-state index < -0.39 is 5.41 Å². The highest BCUT2D eigenvalue weighted by atomic mass is 16.5. The predicted molar refractivity (Wildman–Crippen MR) is 125 cm³/mol. The minimum Gasteiger partial charge on any atom is -0.383 e. The third kappa shape index (κ3) is 7.59. The number of carbonyl (C=O) groups excluding carboxylic acids is 2. The van der Waals surface area contributed by atoms with Crippen LogP contribution >= 0.6 is 0 Å². The molecule has 0 spiro atoms. The number of nitrogens with zero attached hydrogens (tertiary/aromatic N) is 4. The summed E-state index contributed by atoms with van der Waals surface area (Å²) in [6.45, 7) is 7.66. The Hall–Kier alpha value is -2.47. The lowest BCUT2D eigenvalue weighted by molar-refractivity contribution is -0.131. The molecule has 3 rings (SSSR count). The van der Waals surface area contributed by atoms with Crippen molar-refractivity contribution in [1.29, 1.82) is 5.26 Å². The van der Waals surface area contributed by atoms with Crippen LogP contribution in [0.1, 0.15) is 31.2 Å². The molecular formula is C24H37N5O3. The average molecular weight is 444 g/mol. The molecule has 2 fully saturated rings. The highest BCUT2D eigenvalue weighted by molar-refractivity contribution is 5.81. The lowest BCUT2D eigenvalue weighted by atomic mass is 9.74. The Morgan fingerprint density at radius 1 is 1.16 bits per heavy atom.